The van der Waals surface area contributed by atoms with Gasteiger partial charge in [0.05, 0.1) is 0 Å². The molecule has 0 saturated carbocycles. The molecule has 0 aromatic rings. The average molecular weight is 78.1 g/mol. The largest absolute Gasteiger partial charge is 0.183 e. The van der Waals surface area contributed by atoms with Gasteiger partial charge in [-0.05, 0) is 6.92 Å². The molecular weight excluding hydrogens is 74.1 g/mol. The molecule has 29 valence electrons. The van der Waals surface area contributed by atoms with E-state index in [1.807, 2.05) is 0 Å². The van der Waals surface area contributed by atoms with Crippen LogP contribution in [0, 0.1) is 30.1 Å². The molecule has 0 atom stereocenters. The van der Waals surface area contributed by atoms with Gasteiger partial charge in [-0.15, -0.1) is 0 Å². The summed E-state index contributed by atoms with van der Waals surface area (Å²) in [5, 5.41) is 7.75. The number of hydrogen-bond donors (Lipinski definition) is 0. The van der Waals surface area contributed by atoms with Crippen molar-refractivity contribution in [3.8, 4) is 17.9 Å². The molecule has 1 nitrogen and oxygen atoms in total. The van der Waals surface area contributed by atoms with Crippen molar-refractivity contribution < 1.29 is 0 Å². The molecule has 1 radical (unpaired) electrons. The highest BCUT2D eigenvalue weighted by atomic mass is 14.2. The van der Waals surface area contributed by atoms with Crippen molar-refractivity contribution in [3.63, 3.8) is 0 Å². The quantitative estimate of drug-likeness (QED) is 0.392. The van der Waals surface area contributed by atoms with Gasteiger partial charge in [-0.3, -0.25) is 0 Å². The van der Waals surface area contributed by atoms with Gasteiger partial charge < -0.3 is 0 Å². The second-order valence-corrected chi connectivity index (χ2v) is 0.664. The lowest BCUT2D eigenvalue weighted by Gasteiger charge is -1.56. The second-order valence-electron chi connectivity index (χ2n) is 0.664. The first-order valence-electron chi connectivity index (χ1n) is 1.58. The maximum absolute atomic E-state index is 7.75. The third kappa shape index (κ3) is 3.05. The fraction of sp³-hybridized carbons (Fsp3) is 0.200. The summed E-state index contributed by atoms with van der Waals surface area (Å²) in [4.78, 5) is 0. The molecule has 0 N–H and O–H groups in total. The van der Waals surface area contributed by atoms with Gasteiger partial charge >= 0.3 is 0 Å². The van der Waals surface area contributed by atoms with Crippen molar-refractivity contribution in [2.24, 2.45) is 0 Å². The van der Waals surface area contributed by atoms with Crippen molar-refractivity contribution in [1.82, 2.24) is 0 Å². The molecule has 0 amide bonds. The summed E-state index contributed by atoms with van der Waals surface area (Å²) in [5.41, 5.74) is 0. The van der Waals surface area contributed by atoms with Gasteiger partial charge in [0.15, 0.2) is 6.07 Å². The van der Waals surface area contributed by atoms with Crippen LogP contribution in [0.25, 0.3) is 0 Å². The minimum atomic E-state index is 0.521. The van der Waals surface area contributed by atoms with E-state index < -0.39 is 0 Å². The standard InChI is InChI=1S/C5H4N/c1-2-3-4-5-6/h1-2H2. The summed E-state index contributed by atoms with van der Waals surface area (Å²) < 4.78 is 0. The molecule has 6 heavy (non-hydrogen) atoms. The third-order valence-corrected chi connectivity index (χ3v) is 0.269. The van der Waals surface area contributed by atoms with E-state index in [-0.39, 0.29) is 0 Å². The molecule has 0 fully saturated rings. The van der Waals surface area contributed by atoms with E-state index in [1.165, 1.54) is 0 Å². The van der Waals surface area contributed by atoms with E-state index in [0.717, 1.165) is 0 Å². The molecule has 0 aliphatic rings. The predicted molar refractivity (Wildman–Crippen MR) is 23.4 cm³/mol. The van der Waals surface area contributed by atoms with Crippen LogP contribution in [0.4, 0.5) is 0 Å². The zero-order chi connectivity index (χ0) is 4.83. The molecule has 0 spiro atoms. The van der Waals surface area contributed by atoms with Gasteiger partial charge in [-0.25, -0.2) is 0 Å². The van der Waals surface area contributed by atoms with Crippen LogP contribution in [0.2, 0.25) is 0 Å². The van der Waals surface area contributed by atoms with E-state index in [1.54, 1.807) is 6.07 Å². The van der Waals surface area contributed by atoms with Gasteiger partial charge in [0.2, 0.25) is 0 Å². The highest BCUT2D eigenvalue weighted by molar-refractivity contribution is 5.16. The molecule has 0 bridgehead atoms. The third-order valence-electron chi connectivity index (χ3n) is 0.269. The fourth-order valence-electron chi connectivity index (χ4n) is 0.102. The van der Waals surface area contributed by atoms with Gasteiger partial charge in [0.1, 0.15) is 0 Å². The molecule has 1 heteroatoms. The zero-order valence-electron chi connectivity index (χ0n) is 3.36. The van der Waals surface area contributed by atoms with Gasteiger partial charge in [-0.2, -0.15) is 5.26 Å². The van der Waals surface area contributed by atoms with E-state index in [0.29, 0.717) is 6.42 Å². The average Bonchev–Trinajstić information content (AvgIpc) is 1.61. The Morgan fingerprint density at radius 2 is 2.33 bits per heavy atom. The Hall–Kier alpha value is -0.950. The number of nitrogens with zero attached hydrogens (tertiary/aromatic N) is 1. The molecule has 0 rings (SSSR count). The van der Waals surface area contributed by atoms with Crippen molar-refractivity contribution in [1.29, 1.82) is 5.26 Å². The van der Waals surface area contributed by atoms with Crippen LogP contribution in [0.3, 0.4) is 0 Å². The predicted octanol–water partition coefficient (Wildman–Crippen LogP) is 0.738. The molecule has 0 saturated heterocycles. The first-order chi connectivity index (χ1) is 2.91. The summed E-state index contributed by atoms with van der Waals surface area (Å²) in [6.45, 7) is 3.40. The number of hydrogen-bond acceptors (Lipinski definition) is 1. The van der Waals surface area contributed by atoms with E-state index in [9.17, 15) is 0 Å². The molecule has 0 heterocycles. The zero-order valence-corrected chi connectivity index (χ0v) is 3.36. The smallest absolute Gasteiger partial charge is 0.152 e. The van der Waals surface area contributed by atoms with Gasteiger partial charge in [0, 0.05) is 12.3 Å². The van der Waals surface area contributed by atoms with Crippen LogP contribution in [0.1, 0.15) is 6.42 Å². The van der Waals surface area contributed by atoms with Crippen LogP contribution in [-0.4, -0.2) is 0 Å². The lowest BCUT2D eigenvalue weighted by molar-refractivity contribution is 1.48. The van der Waals surface area contributed by atoms with Crippen molar-refractivity contribution >= 4 is 0 Å². The van der Waals surface area contributed by atoms with Gasteiger partial charge in [0.25, 0.3) is 0 Å². The molecule has 0 aliphatic carbocycles. The van der Waals surface area contributed by atoms with E-state index in [2.05, 4.69) is 18.8 Å². The number of nitriles is 1. The first-order valence-corrected chi connectivity index (χ1v) is 1.58. The second kappa shape index (κ2) is 4.05. The summed E-state index contributed by atoms with van der Waals surface area (Å²) in [5.74, 6) is 4.67. The van der Waals surface area contributed by atoms with Crippen LogP contribution in [0.15, 0.2) is 0 Å². The van der Waals surface area contributed by atoms with Crippen molar-refractivity contribution in [2.75, 3.05) is 0 Å². The number of rotatable bonds is 0. The van der Waals surface area contributed by atoms with E-state index in [4.69, 9.17) is 5.26 Å². The highest BCUT2D eigenvalue weighted by Gasteiger charge is 1.54. The topological polar surface area (TPSA) is 23.8 Å². The van der Waals surface area contributed by atoms with Crippen molar-refractivity contribution in [2.45, 2.75) is 6.42 Å². The monoisotopic (exact) mass is 78.0 g/mol. The molecule has 0 aliphatic heterocycles. The highest BCUT2D eigenvalue weighted by Crippen LogP contribution is 1.61. The molecule has 0 unspecified atom stereocenters. The Morgan fingerprint density at radius 1 is 1.67 bits per heavy atom. The SMILES string of the molecule is [CH2]CC#CC#N. The normalized spacial score (nSPS) is 4.67. The Labute approximate surface area is 37.6 Å². The fourth-order valence-corrected chi connectivity index (χ4v) is 0.102. The van der Waals surface area contributed by atoms with Crippen LogP contribution >= 0.6 is 0 Å². The Bertz CT molecular complexity index is 108. The lowest BCUT2D eigenvalue weighted by Crippen LogP contribution is -1.48. The summed E-state index contributed by atoms with van der Waals surface area (Å²) in [6, 6.07) is 1.67. The molecule has 0 aromatic heterocycles. The minimum absolute atomic E-state index is 0.521. The van der Waals surface area contributed by atoms with Crippen LogP contribution in [-0.2, 0) is 0 Å². The maximum atomic E-state index is 7.75. The summed E-state index contributed by atoms with van der Waals surface area (Å²) in [7, 11) is 0. The Kier molecular flexibility index (Phi) is 3.41. The van der Waals surface area contributed by atoms with Crippen molar-refractivity contribution in [3.05, 3.63) is 6.92 Å². The Balaban J connectivity index is 3.22. The molecular formula is C5H4N. The van der Waals surface area contributed by atoms with Gasteiger partial charge in [-0.1, -0.05) is 5.92 Å². The Morgan fingerprint density at radius 3 is 2.50 bits per heavy atom. The minimum Gasteiger partial charge on any atom is -0.183 e. The van der Waals surface area contributed by atoms with Crippen LogP contribution < -0.4 is 0 Å². The summed E-state index contributed by atoms with van der Waals surface area (Å²) >= 11 is 0. The van der Waals surface area contributed by atoms with E-state index >= 15 is 0 Å². The first kappa shape index (κ1) is 5.05. The maximum Gasteiger partial charge on any atom is 0.152 e. The summed E-state index contributed by atoms with van der Waals surface area (Å²) in [6.07, 6.45) is 0.521. The van der Waals surface area contributed by atoms with Crippen LogP contribution in [0.5, 0.6) is 0 Å². The molecule has 0 aromatic carbocycles. The lowest BCUT2D eigenvalue weighted by atomic mass is 10.5.